The van der Waals surface area contributed by atoms with Crippen LogP contribution in [0.4, 0.5) is 5.69 Å². The molecule has 0 fully saturated rings. The van der Waals surface area contributed by atoms with E-state index in [2.05, 4.69) is 0 Å². The zero-order chi connectivity index (χ0) is 12.8. The van der Waals surface area contributed by atoms with Crippen molar-refractivity contribution in [3.8, 4) is 0 Å². The molecule has 0 aliphatic carbocycles. The number of rotatable bonds is 5. The lowest BCUT2D eigenvalue weighted by molar-refractivity contribution is -0.0562. The Bertz CT molecular complexity index is 390. The van der Waals surface area contributed by atoms with Gasteiger partial charge in [0, 0.05) is 12.1 Å². The summed E-state index contributed by atoms with van der Waals surface area (Å²) in [4.78, 5) is 11.7. The Kier molecular flexibility index (Phi) is 4.93. The smallest absolute Gasteiger partial charge is 0.338 e. The van der Waals surface area contributed by atoms with Crippen LogP contribution in [0.3, 0.4) is 0 Å². The van der Waals surface area contributed by atoms with Gasteiger partial charge in [-0.3, -0.25) is 0 Å². The van der Waals surface area contributed by atoms with Gasteiger partial charge in [-0.2, -0.15) is 0 Å². The molecule has 0 bridgehead atoms. The molecule has 0 saturated carbocycles. The second-order valence-electron chi connectivity index (χ2n) is 3.68. The second-order valence-corrected chi connectivity index (χ2v) is 3.68. The Labute approximate surface area is 99.8 Å². The summed E-state index contributed by atoms with van der Waals surface area (Å²) in [7, 11) is 0. The van der Waals surface area contributed by atoms with E-state index in [0.717, 1.165) is 5.56 Å². The molecule has 0 saturated heterocycles. The molecule has 0 unspecified atom stereocenters. The van der Waals surface area contributed by atoms with Crippen LogP contribution in [0.2, 0.25) is 0 Å². The van der Waals surface area contributed by atoms with Crippen LogP contribution in [0.5, 0.6) is 0 Å². The summed E-state index contributed by atoms with van der Waals surface area (Å²) in [6.45, 7) is 1.90. The first-order valence-corrected chi connectivity index (χ1v) is 5.46. The highest BCUT2D eigenvalue weighted by Gasteiger charge is 2.12. The molecule has 4 N–H and O–H groups in total. The molecule has 1 aromatic rings. The number of aliphatic hydroxyl groups excluding tert-OH is 1. The quantitative estimate of drug-likeness (QED) is 0.399. The van der Waals surface area contributed by atoms with Gasteiger partial charge in [0.05, 0.1) is 12.2 Å². The third-order valence-corrected chi connectivity index (χ3v) is 2.34. The van der Waals surface area contributed by atoms with Gasteiger partial charge in [0.2, 0.25) is 0 Å². The Hall–Kier alpha value is -1.59. The SMILES string of the molecule is CCc1cc(N)ccc1C(=O)OCCC(O)O. The first-order valence-electron chi connectivity index (χ1n) is 5.46. The fourth-order valence-corrected chi connectivity index (χ4v) is 1.44. The number of anilines is 1. The molecule has 0 aliphatic heterocycles. The van der Waals surface area contributed by atoms with Crippen LogP contribution in [0.15, 0.2) is 18.2 Å². The number of esters is 1. The van der Waals surface area contributed by atoms with Gasteiger partial charge >= 0.3 is 5.97 Å². The van der Waals surface area contributed by atoms with Gasteiger partial charge < -0.3 is 20.7 Å². The van der Waals surface area contributed by atoms with E-state index in [1.165, 1.54) is 0 Å². The minimum atomic E-state index is -1.46. The van der Waals surface area contributed by atoms with Crippen molar-refractivity contribution in [1.29, 1.82) is 0 Å². The molecule has 94 valence electrons. The zero-order valence-electron chi connectivity index (χ0n) is 9.72. The molecule has 0 spiro atoms. The predicted molar refractivity (Wildman–Crippen MR) is 63.4 cm³/mol. The van der Waals surface area contributed by atoms with Crippen molar-refractivity contribution >= 4 is 11.7 Å². The normalized spacial score (nSPS) is 10.6. The van der Waals surface area contributed by atoms with E-state index in [9.17, 15) is 4.79 Å². The van der Waals surface area contributed by atoms with E-state index in [4.69, 9.17) is 20.7 Å². The van der Waals surface area contributed by atoms with Crippen molar-refractivity contribution in [2.24, 2.45) is 0 Å². The minimum Gasteiger partial charge on any atom is -0.462 e. The van der Waals surface area contributed by atoms with Crippen molar-refractivity contribution in [3.63, 3.8) is 0 Å². The van der Waals surface area contributed by atoms with Crippen molar-refractivity contribution in [2.45, 2.75) is 26.1 Å². The number of carbonyl (C=O) groups excluding carboxylic acids is 1. The molecule has 1 rings (SSSR count). The second kappa shape index (κ2) is 6.22. The maximum Gasteiger partial charge on any atom is 0.338 e. The van der Waals surface area contributed by atoms with E-state index in [1.54, 1.807) is 18.2 Å². The number of nitrogens with two attached hydrogens (primary N) is 1. The number of nitrogen functional groups attached to an aromatic ring is 1. The number of carbonyl (C=O) groups is 1. The van der Waals surface area contributed by atoms with Gasteiger partial charge in [-0.25, -0.2) is 4.79 Å². The highest BCUT2D eigenvalue weighted by Crippen LogP contribution is 2.15. The third kappa shape index (κ3) is 4.05. The maximum atomic E-state index is 11.7. The number of aryl methyl sites for hydroxylation is 1. The van der Waals surface area contributed by atoms with Crippen LogP contribution >= 0.6 is 0 Å². The summed E-state index contributed by atoms with van der Waals surface area (Å²) < 4.78 is 4.92. The maximum absolute atomic E-state index is 11.7. The van der Waals surface area contributed by atoms with E-state index >= 15 is 0 Å². The molecule has 0 aliphatic rings. The Balaban J connectivity index is 2.68. The average molecular weight is 239 g/mol. The summed E-state index contributed by atoms with van der Waals surface area (Å²) in [5.41, 5.74) is 7.51. The minimum absolute atomic E-state index is 0.00215. The lowest BCUT2D eigenvalue weighted by Crippen LogP contribution is -2.14. The first kappa shape index (κ1) is 13.5. The number of hydrogen-bond acceptors (Lipinski definition) is 5. The molecular weight excluding hydrogens is 222 g/mol. The van der Waals surface area contributed by atoms with Crippen LogP contribution in [-0.2, 0) is 11.2 Å². The Morgan fingerprint density at radius 3 is 2.76 bits per heavy atom. The van der Waals surface area contributed by atoms with Crippen molar-refractivity contribution < 1.29 is 19.7 Å². The van der Waals surface area contributed by atoms with Gasteiger partial charge in [0.1, 0.15) is 0 Å². The monoisotopic (exact) mass is 239 g/mol. The summed E-state index contributed by atoms with van der Waals surface area (Å²) in [6.07, 6.45) is -0.778. The lowest BCUT2D eigenvalue weighted by atomic mass is 10.0. The van der Waals surface area contributed by atoms with Gasteiger partial charge in [0.25, 0.3) is 0 Å². The Morgan fingerprint density at radius 1 is 1.47 bits per heavy atom. The molecule has 0 aromatic heterocycles. The fourth-order valence-electron chi connectivity index (χ4n) is 1.44. The van der Waals surface area contributed by atoms with E-state index in [1.807, 2.05) is 6.92 Å². The highest BCUT2D eigenvalue weighted by molar-refractivity contribution is 5.91. The average Bonchev–Trinajstić information content (AvgIpc) is 2.28. The zero-order valence-corrected chi connectivity index (χ0v) is 9.72. The van der Waals surface area contributed by atoms with Crippen molar-refractivity contribution in [2.75, 3.05) is 12.3 Å². The standard InChI is InChI=1S/C12H17NO4/c1-2-8-7-9(13)3-4-10(8)12(16)17-6-5-11(14)15/h3-4,7,11,14-15H,2,5-6,13H2,1H3. The molecule has 0 amide bonds. The number of aliphatic hydroxyl groups is 2. The predicted octanol–water partition coefficient (Wildman–Crippen LogP) is 0.689. The van der Waals surface area contributed by atoms with E-state index in [-0.39, 0.29) is 13.0 Å². The molecule has 17 heavy (non-hydrogen) atoms. The summed E-state index contributed by atoms with van der Waals surface area (Å²) >= 11 is 0. The Morgan fingerprint density at radius 2 is 2.18 bits per heavy atom. The highest BCUT2D eigenvalue weighted by atomic mass is 16.5. The van der Waals surface area contributed by atoms with Crippen LogP contribution in [0, 0.1) is 0 Å². The van der Waals surface area contributed by atoms with Gasteiger partial charge in [-0.05, 0) is 30.2 Å². The van der Waals surface area contributed by atoms with Gasteiger partial charge in [-0.15, -0.1) is 0 Å². The lowest BCUT2D eigenvalue weighted by Gasteiger charge is -2.09. The molecular formula is C12H17NO4. The molecule has 5 nitrogen and oxygen atoms in total. The molecule has 0 heterocycles. The topological polar surface area (TPSA) is 92.8 Å². The first-order chi connectivity index (χ1) is 8.04. The molecule has 1 aromatic carbocycles. The summed E-state index contributed by atoms with van der Waals surface area (Å²) in [5, 5.41) is 17.2. The molecule has 0 radical (unpaired) electrons. The summed E-state index contributed by atoms with van der Waals surface area (Å²) in [5.74, 6) is -0.470. The number of benzene rings is 1. The third-order valence-electron chi connectivity index (χ3n) is 2.34. The van der Waals surface area contributed by atoms with E-state index in [0.29, 0.717) is 17.7 Å². The van der Waals surface area contributed by atoms with Crippen LogP contribution in [0.1, 0.15) is 29.3 Å². The fraction of sp³-hybridized carbons (Fsp3) is 0.417. The largest absolute Gasteiger partial charge is 0.462 e. The van der Waals surface area contributed by atoms with Crippen molar-refractivity contribution in [1.82, 2.24) is 0 Å². The molecule has 5 heteroatoms. The van der Waals surface area contributed by atoms with Crippen LogP contribution in [-0.4, -0.2) is 29.1 Å². The van der Waals surface area contributed by atoms with E-state index < -0.39 is 12.3 Å². The van der Waals surface area contributed by atoms with Crippen molar-refractivity contribution in [3.05, 3.63) is 29.3 Å². The summed E-state index contributed by atoms with van der Waals surface area (Å²) in [6, 6.07) is 4.99. The molecule has 0 atom stereocenters. The number of ether oxygens (including phenoxy) is 1. The van der Waals surface area contributed by atoms with Gasteiger partial charge in [-0.1, -0.05) is 6.92 Å². The van der Waals surface area contributed by atoms with Crippen LogP contribution < -0.4 is 5.73 Å². The van der Waals surface area contributed by atoms with Crippen LogP contribution in [0.25, 0.3) is 0 Å². The van der Waals surface area contributed by atoms with Gasteiger partial charge in [0.15, 0.2) is 6.29 Å². The number of hydrogen-bond donors (Lipinski definition) is 3.